The van der Waals surface area contributed by atoms with Crippen molar-refractivity contribution >= 4 is 11.9 Å². The fourth-order valence-electron chi connectivity index (χ4n) is 2.21. The first-order valence-corrected chi connectivity index (χ1v) is 6.37. The molecule has 0 bridgehead atoms. The number of amides is 1. The fraction of sp³-hybridized carbons (Fsp3) is 0.429. The van der Waals surface area contributed by atoms with Crippen LogP contribution in [-0.2, 0) is 14.3 Å². The monoisotopic (exact) mass is 281 g/mol. The molecule has 0 aliphatic carbocycles. The molecule has 0 aromatic heterocycles. The van der Waals surface area contributed by atoms with Gasteiger partial charge in [0.1, 0.15) is 17.6 Å². The molecule has 108 valence electrons. The van der Waals surface area contributed by atoms with E-state index in [2.05, 4.69) is 4.74 Å². The summed E-state index contributed by atoms with van der Waals surface area (Å²) in [5.41, 5.74) is 0. The Balaban J connectivity index is 1.91. The zero-order valence-electron chi connectivity index (χ0n) is 11.2. The van der Waals surface area contributed by atoms with Gasteiger partial charge in [-0.1, -0.05) is 0 Å². The molecule has 1 aromatic carbocycles. The van der Waals surface area contributed by atoms with Crippen molar-refractivity contribution in [1.29, 1.82) is 0 Å². The first-order chi connectivity index (χ1) is 9.61. The summed E-state index contributed by atoms with van der Waals surface area (Å²) in [6.07, 6.45) is 1.37. The van der Waals surface area contributed by atoms with Gasteiger partial charge in [-0.2, -0.15) is 0 Å². The maximum atomic E-state index is 12.7. The van der Waals surface area contributed by atoms with E-state index in [0.29, 0.717) is 18.7 Å². The molecule has 6 heteroatoms. The van der Waals surface area contributed by atoms with E-state index in [-0.39, 0.29) is 18.3 Å². The van der Waals surface area contributed by atoms with Crippen molar-refractivity contribution in [3.05, 3.63) is 30.1 Å². The molecule has 1 saturated heterocycles. The predicted octanol–water partition coefficient (Wildman–Crippen LogP) is 1.37. The van der Waals surface area contributed by atoms with Crippen LogP contribution < -0.4 is 4.74 Å². The maximum absolute atomic E-state index is 12.7. The molecule has 1 heterocycles. The number of nitrogens with zero attached hydrogens (tertiary/aromatic N) is 1. The highest BCUT2D eigenvalue weighted by molar-refractivity contribution is 5.85. The van der Waals surface area contributed by atoms with Crippen molar-refractivity contribution in [2.45, 2.75) is 18.9 Å². The topological polar surface area (TPSA) is 55.8 Å². The lowest BCUT2D eigenvalue weighted by atomic mass is 10.2. The number of ether oxygens (including phenoxy) is 2. The summed E-state index contributed by atoms with van der Waals surface area (Å²) in [6, 6.07) is 4.89. The van der Waals surface area contributed by atoms with Gasteiger partial charge in [0.2, 0.25) is 0 Å². The minimum atomic E-state index is -0.524. The normalized spacial score (nSPS) is 17.9. The molecule has 0 saturated carbocycles. The van der Waals surface area contributed by atoms with Crippen LogP contribution >= 0.6 is 0 Å². The third kappa shape index (κ3) is 3.26. The second-order valence-electron chi connectivity index (χ2n) is 4.51. The number of esters is 1. The molecular weight excluding hydrogens is 265 g/mol. The van der Waals surface area contributed by atoms with Crippen LogP contribution in [0.5, 0.6) is 5.75 Å². The van der Waals surface area contributed by atoms with E-state index in [1.807, 2.05) is 0 Å². The molecule has 1 unspecified atom stereocenters. The molecule has 0 N–H and O–H groups in total. The van der Waals surface area contributed by atoms with E-state index in [1.165, 1.54) is 36.3 Å². The molecule has 1 amide bonds. The van der Waals surface area contributed by atoms with Gasteiger partial charge in [-0.25, -0.2) is 9.18 Å². The maximum Gasteiger partial charge on any atom is 0.328 e. The van der Waals surface area contributed by atoms with Gasteiger partial charge in [0.15, 0.2) is 6.61 Å². The molecule has 1 aliphatic heterocycles. The lowest BCUT2D eigenvalue weighted by Gasteiger charge is -2.22. The molecule has 1 aliphatic rings. The van der Waals surface area contributed by atoms with Crippen LogP contribution in [0.3, 0.4) is 0 Å². The quantitative estimate of drug-likeness (QED) is 0.782. The average molecular weight is 281 g/mol. The van der Waals surface area contributed by atoms with Crippen LogP contribution in [0, 0.1) is 5.82 Å². The van der Waals surface area contributed by atoms with E-state index < -0.39 is 12.0 Å². The summed E-state index contributed by atoms with van der Waals surface area (Å²) in [7, 11) is 1.30. The van der Waals surface area contributed by atoms with Crippen molar-refractivity contribution in [2.24, 2.45) is 0 Å². The standard InChI is InChI=1S/C14H16FNO4/c1-19-14(18)12-3-2-8-16(12)13(17)9-20-11-6-4-10(15)5-7-11/h4-7,12H,2-3,8-9H2,1H3. The van der Waals surface area contributed by atoms with Gasteiger partial charge in [-0.3, -0.25) is 4.79 Å². The summed E-state index contributed by atoms with van der Waals surface area (Å²) in [5, 5.41) is 0. The van der Waals surface area contributed by atoms with Crippen molar-refractivity contribution in [3.8, 4) is 5.75 Å². The molecule has 1 atom stereocenters. The highest BCUT2D eigenvalue weighted by Gasteiger charge is 2.34. The second-order valence-corrected chi connectivity index (χ2v) is 4.51. The average Bonchev–Trinajstić information content (AvgIpc) is 2.95. The van der Waals surface area contributed by atoms with Crippen molar-refractivity contribution in [3.63, 3.8) is 0 Å². The molecule has 20 heavy (non-hydrogen) atoms. The van der Waals surface area contributed by atoms with Crippen LogP contribution in [0.25, 0.3) is 0 Å². The van der Waals surface area contributed by atoms with Crippen LogP contribution in [0.1, 0.15) is 12.8 Å². The van der Waals surface area contributed by atoms with Crippen molar-refractivity contribution in [1.82, 2.24) is 4.90 Å². The number of carbonyl (C=O) groups excluding carboxylic acids is 2. The fourth-order valence-corrected chi connectivity index (χ4v) is 2.21. The minimum Gasteiger partial charge on any atom is -0.484 e. The van der Waals surface area contributed by atoms with Crippen LogP contribution in [0.4, 0.5) is 4.39 Å². The Morgan fingerprint density at radius 3 is 2.70 bits per heavy atom. The summed E-state index contributed by atoms with van der Waals surface area (Å²) >= 11 is 0. The largest absolute Gasteiger partial charge is 0.484 e. The van der Waals surface area contributed by atoms with Gasteiger partial charge in [0.25, 0.3) is 5.91 Å². The lowest BCUT2D eigenvalue weighted by Crippen LogP contribution is -2.43. The van der Waals surface area contributed by atoms with E-state index in [4.69, 9.17) is 4.74 Å². The number of methoxy groups -OCH3 is 1. The highest BCUT2D eigenvalue weighted by atomic mass is 19.1. The van der Waals surface area contributed by atoms with E-state index in [0.717, 1.165) is 6.42 Å². The molecule has 5 nitrogen and oxygen atoms in total. The number of hydrogen-bond donors (Lipinski definition) is 0. The molecule has 1 aromatic rings. The van der Waals surface area contributed by atoms with E-state index >= 15 is 0 Å². The van der Waals surface area contributed by atoms with Crippen molar-refractivity contribution < 1.29 is 23.5 Å². The summed E-state index contributed by atoms with van der Waals surface area (Å²) in [4.78, 5) is 25.0. The first-order valence-electron chi connectivity index (χ1n) is 6.37. The number of likely N-dealkylation sites (tertiary alicyclic amines) is 1. The third-order valence-corrected chi connectivity index (χ3v) is 3.22. The van der Waals surface area contributed by atoms with Gasteiger partial charge < -0.3 is 14.4 Å². The van der Waals surface area contributed by atoms with Gasteiger partial charge in [-0.15, -0.1) is 0 Å². The Morgan fingerprint density at radius 1 is 1.35 bits per heavy atom. The Morgan fingerprint density at radius 2 is 2.05 bits per heavy atom. The number of rotatable bonds is 4. The number of carbonyl (C=O) groups is 2. The minimum absolute atomic E-state index is 0.181. The molecular formula is C14H16FNO4. The lowest BCUT2D eigenvalue weighted by molar-refractivity contribution is -0.151. The van der Waals surface area contributed by atoms with Crippen LogP contribution in [0.15, 0.2) is 24.3 Å². The predicted molar refractivity (Wildman–Crippen MR) is 68.6 cm³/mol. The van der Waals surface area contributed by atoms with Gasteiger partial charge in [-0.05, 0) is 37.1 Å². The van der Waals surface area contributed by atoms with Gasteiger partial charge in [0, 0.05) is 6.54 Å². The number of benzene rings is 1. The van der Waals surface area contributed by atoms with Gasteiger partial charge in [0.05, 0.1) is 7.11 Å². The number of hydrogen-bond acceptors (Lipinski definition) is 4. The number of halogens is 1. The highest BCUT2D eigenvalue weighted by Crippen LogP contribution is 2.19. The first kappa shape index (κ1) is 14.3. The summed E-state index contributed by atoms with van der Waals surface area (Å²) in [5.74, 6) is -0.637. The summed E-state index contributed by atoms with van der Waals surface area (Å²) in [6.45, 7) is 0.338. The van der Waals surface area contributed by atoms with Gasteiger partial charge >= 0.3 is 5.97 Å². The van der Waals surface area contributed by atoms with Crippen LogP contribution in [0.2, 0.25) is 0 Å². The smallest absolute Gasteiger partial charge is 0.328 e. The second kappa shape index (κ2) is 6.36. The van der Waals surface area contributed by atoms with E-state index in [9.17, 15) is 14.0 Å². The van der Waals surface area contributed by atoms with E-state index in [1.54, 1.807) is 0 Å². The van der Waals surface area contributed by atoms with Crippen molar-refractivity contribution in [2.75, 3.05) is 20.3 Å². The zero-order valence-corrected chi connectivity index (χ0v) is 11.2. The summed E-state index contributed by atoms with van der Waals surface area (Å²) < 4.78 is 22.7. The molecule has 2 rings (SSSR count). The zero-order chi connectivity index (χ0) is 14.5. The molecule has 1 fully saturated rings. The Bertz CT molecular complexity index is 488. The Kier molecular flexibility index (Phi) is 4.55. The third-order valence-electron chi connectivity index (χ3n) is 3.22. The Hall–Kier alpha value is -2.11. The SMILES string of the molecule is COC(=O)C1CCCN1C(=O)COc1ccc(F)cc1. The molecule has 0 spiro atoms. The molecule has 0 radical (unpaired) electrons. The Labute approximate surface area is 116 Å². The van der Waals surface area contributed by atoms with Crippen LogP contribution in [-0.4, -0.2) is 43.1 Å².